The Morgan fingerprint density at radius 1 is 1.42 bits per heavy atom. The first-order chi connectivity index (χ1) is 9.13. The normalized spacial score (nSPS) is 27.2. The van der Waals surface area contributed by atoms with E-state index in [9.17, 15) is 4.79 Å². The van der Waals surface area contributed by atoms with Crippen LogP contribution in [0.15, 0.2) is 6.07 Å². The van der Waals surface area contributed by atoms with Gasteiger partial charge in [0.1, 0.15) is 0 Å². The van der Waals surface area contributed by atoms with E-state index in [1.165, 1.54) is 10.4 Å². The molecule has 5 heteroatoms. The van der Waals surface area contributed by atoms with Crippen LogP contribution in [0.1, 0.15) is 34.0 Å². The Balaban J connectivity index is 1.77. The van der Waals surface area contributed by atoms with Gasteiger partial charge >= 0.3 is 0 Å². The van der Waals surface area contributed by atoms with Crippen molar-refractivity contribution in [1.82, 2.24) is 10.2 Å². The van der Waals surface area contributed by atoms with Crippen molar-refractivity contribution in [3.63, 3.8) is 0 Å². The van der Waals surface area contributed by atoms with Gasteiger partial charge in [0.05, 0.1) is 18.1 Å². The van der Waals surface area contributed by atoms with E-state index in [2.05, 4.69) is 19.2 Å². The maximum Gasteiger partial charge on any atom is 0.264 e. The standard InChI is InChI=1S/C14H20N2O2S/c1-9-6-16(7-10(2)15-9)14(17)13-5-11-8-18-4-3-12(11)19-13/h5,9-10,15H,3-4,6-8H2,1-2H3. The zero-order chi connectivity index (χ0) is 13.4. The van der Waals surface area contributed by atoms with Crippen molar-refractivity contribution >= 4 is 17.2 Å². The molecule has 1 aromatic rings. The molecule has 1 amide bonds. The fourth-order valence-corrected chi connectivity index (χ4v) is 4.02. The first kappa shape index (κ1) is 13.1. The number of carbonyl (C=O) groups is 1. The van der Waals surface area contributed by atoms with E-state index in [0.717, 1.165) is 31.0 Å². The van der Waals surface area contributed by atoms with E-state index in [4.69, 9.17) is 4.74 Å². The predicted octanol–water partition coefficient (Wildman–Crippen LogP) is 1.64. The molecule has 2 unspecified atom stereocenters. The topological polar surface area (TPSA) is 41.6 Å². The van der Waals surface area contributed by atoms with Crippen molar-refractivity contribution in [3.8, 4) is 0 Å². The van der Waals surface area contributed by atoms with Gasteiger partial charge in [-0.2, -0.15) is 0 Å². The third-order valence-corrected chi connectivity index (χ3v) is 4.91. The molecular formula is C14H20N2O2S. The molecule has 1 fully saturated rings. The summed E-state index contributed by atoms with van der Waals surface area (Å²) in [5, 5.41) is 3.45. The predicted molar refractivity (Wildman–Crippen MR) is 75.6 cm³/mol. The average Bonchev–Trinajstić information content (AvgIpc) is 2.80. The molecule has 3 rings (SSSR count). The number of fused-ring (bicyclic) bond motifs is 1. The fourth-order valence-electron chi connectivity index (χ4n) is 2.90. The molecule has 3 heterocycles. The van der Waals surface area contributed by atoms with Crippen LogP contribution in [0.3, 0.4) is 0 Å². The molecule has 104 valence electrons. The summed E-state index contributed by atoms with van der Waals surface area (Å²) in [4.78, 5) is 16.7. The summed E-state index contributed by atoms with van der Waals surface area (Å²) in [7, 11) is 0. The molecule has 0 bridgehead atoms. The van der Waals surface area contributed by atoms with Crippen LogP contribution >= 0.6 is 11.3 Å². The number of hydrogen-bond donors (Lipinski definition) is 1. The molecule has 1 saturated heterocycles. The fraction of sp³-hybridized carbons (Fsp3) is 0.643. The highest BCUT2D eigenvalue weighted by Gasteiger charge is 2.27. The summed E-state index contributed by atoms with van der Waals surface area (Å²) in [6.07, 6.45) is 0.946. The molecule has 0 aliphatic carbocycles. The summed E-state index contributed by atoms with van der Waals surface area (Å²) in [5.74, 6) is 0.180. The number of nitrogens with one attached hydrogen (secondary N) is 1. The Bertz CT molecular complexity index is 452. The summed E-state index contributed by atoms with van der Waals surface area (Å²) in [6.45, 7) is 7.28. The molecule has 0 aromatic carbocycles. The molecule has 19 heavy (non-hydrogen) atoms. The van der Waals surface area contributed by atoms with Gasteiger partial charge in [-0.15, -0.1) is 11.3 Å². The molecule has 0 radical (unpaired) electrons. The smallest absolute Gasteiger partial charge is 0.264 e. The van der Waals surface area contributed by atoms with Crippen molar-refractivity contribution in [1.29, 1.82) is 0 Å². The number of hydrogen-bond acceptors (Lipinski definition) is 4. The van der Waals surface area contributed by atoms with Gasteiger partial charge in [-0.25, -0.2) is 0 Å². The zero-order valence-electron chi connectivity index (χ0n) is 11.4. The van der Waals surface area contributed by atoms with Crippen LogP contribution in [-0.4, -0.2) is 42.6 Å². The summed E-state index contributed by atoms with van der Waals surface area (Å²) in [6, 6.07) is 2.76. The maximum atomic E-state index is 12.6. The molecular weight excluding hydrogens is 260 g/mol. The van der Waals surface area contributed by atoms with Gasteiger partial charge in [-0.1, -0.05) is 0 Å². The zero-order valence-corrected chi connectivity index (χ0v) is 12.3. The van der Waals surface area contributed by atoms with Crippen LogP contribution < -0.4 is 5.32 Å². The molecule has 4 nitrogen and oxygen atoms in total. The highest BCUT2D eigenvalue weighted by atomic mass is 32.1. The number of rotatable bonds is 1. The molecule has 0 spiro atoms. The van der Waals surface area contributed by atoms with Crippen molar-refractivity contribution < 1.29 is 9.53 Å². The van der Waals surface area contributed by atoms with Gasteiger partial charge in [0.25, 0.3) is 5.91 Å². The van der Waals surface area contributed by atoms with Gasteiger partial charge in [0.15, 0.2) is 0 Å². The summed E-state index contributed by atoms with van der Waals surface area (Å²) >= 11 is 1.65. The number of thiophene rings is 1. The van der Waals surface area contributed by atoms with Crippen LogP contribution in [0.2, 0.25) is 0 Å². The minimum atomic E-state index is 0.180. The number of carbonyl (C=O) groups excluding carboxylic acids is 1. The Morgan fingerprint density at radius 3 is 2.84 bits per heavy atom. The highest BCUT2D eigenvalue weighted by molar-refractivity contribution is 7.14. The minimum Gasteiger partial charge on any atom is -0.376 e. The molecule has 2 atom stereocenters. The van der Waals surface area contributed by atoms with Gasteiger partial charge in [-0.3, -0.25) is 4.79 Å². The third-order valence-electron chi connectivity index (χ3n) is 3.68. The largest absolute Gasteiger partial charge is 0.376 e. The lowest BCUT2D eigenvalue weighted by Gasteiger charge is -2.35. The third kappa shape index (κ3) is 2.68. The lowest BCUT2D eigenvalue weighted by Crippen LogP contribution is -2.55. The lowest BCUT2D eigenvalue weighted by atomic mass is 10.1. The van der Waals surface area contributed by atoms with E-state index >= 15 is 0 Å². The van der Waals surface area contributed by atoms with Gasteiger partial charge < -0.3 is 15.0 Å². The second-order valence-corrected chi connectivity index (χ2v) is 6.68. The molecule has 1 N–H and O–H groups in total. The minimum absolute atomic E-state index is 0.180. The van der Waals surface area contributed by atoms with Crippen molar-refractivity contribution in [2.24, 2.45) is 0 Å². The van der Waals surface area contributed by atoms with Gasteiger partial charge in [-0.05, 0) is 25.5 Å². The van der Waals surface area contributed by atoms with Gasteiger partial charge in [0.2, 0.25) is 0 Å². The van der Waals surface area contributed by atoms with Crippen LogP contribution in [0.5, 0.6) is 0 Å². The van der Waals surface area contributed by atoms with E-state index in [0.29, 0.717) is 18.7 Å². The quantitative estimate of drug-likeness (QED) is 0.850. The van der Waals surface area contributed by atoms with Crippen LogP contribution in [0, 0.1) is 0 Å². The first-order valence-electron chi connectivity index (χ1n) is 6.88. The summed E-state index contributed by atoms with van der Waals surface area (Å²) < 4.78 is 5.44. The summed E-state index contributed by atoms with van der Waals surface area (Å²) in [5.41, 5.74) is 1.20. The van der Waals surface area contributed by atoms with Crippen molar-refractivity contribution in [3.05, 3.63) is 21.4 Å². The van der Waals surface area contributed by atoms with Crippen LogP contribution in [-0.2, 0) is 17.8 Å². The number of piperazine rings is 1. The average molecular weight is 280 g/mol. The van der Waals surface area contributed by atoms with E-state index in [1.807, 2.05) is 11.0 Å². The number of ether oxygens (including phenoxy) is 1. The molecule has 2 aliphatic heterocycles. The van der Waals surface area contributed by atoms with Gasteiger partial charge in [0, 0.05) is 36.5 Å². The highest BCUT2D eigenvalue weighted by Crippen LogP contribution is 2.28. The van der Waals surface area contributed by atoms with Crippen LogP contribution in [0.25, 0.3) is 0 Å². The first-order valence-corrected chi connectivity index (χ1v) is 7.70. The Kier molecular flexibility index (Phi) is 3.60. The number of nitrogens with zero attached hydrogens (tertiary/aromatic N) is 1. The monoisotopic (exact) mass is 280 g/mol. The second-order valence-electron chi connectivity index (χ2n) is 5.54. The lowest BCUT2D eigenvalue weighted by molar-refractivity contribution is 0.0678. The second kappa shape index (κ2) is 5.23. The van der Waals surface area contributed by atoms with Crippen molar-refractivity contribution in [2.75, 3.05) is 19.7 Å². The molecule has 2 aliphatic rings. The van der Waals surface area contributed by atoms with E-state index in [-0.39, 0.29) is 5.91 Å². The Hall–Kier alpha value is -0.910. The van der Waals surface area contributed by atoms with E-state index < -0.39 is 0 Å². The number of amides is 1. The van der Waals surface area contributed by atoms with E-state index in [1.54, 1.807) is 11.3 Å². The molecule has 1 aromatic heterocycles. The Labute approximate surface area is 117 Å². The molecule has 0 saturated carbocycles. The van der Waals surface area contributed by atoms with Crippen molar-refractivity contribution in [2.45, 2.75) is 39.0 Å². The Morgan fingerprint density at radius 2 is 2.16 bits per heavy atom. The SMILES string of the molecule is CC1CN(C(=O)c2cc3c(s2)CCOC3)CC(C)N1. The van der Waals surface area contributed by atoms with Crippen LogP contribution in [0.4, 0.5) is 0 Å². The maximum absolute atomic E-state index is 12.6.